The van der Waals surface area contributed by atoms with Crippen molar-refractivity contribution in [3.63, 3.8) is 0 Å². The van der Waals surface area contributed by atoms with Gasteiger partial charge in [-0.15, -0.1) is 11.3 Å². The predicted octanol–water partition coefficient (Wildman–Crippen LogP) is 3.23. The summed E-state index contributed by atoms with van der Waals surface area (Å²) in [7, 11) is -4.81. The summed E-state index contributed by atoms with van der Waals surface area (Å²) >= 11 is 0.874. The molecule has 1 heterocycles. The Hall–Kier alpha value is -2.00. The summed E-state index contributed by atoms with van der Waals surface area (Å²) in [6.07, 6.45) is 0. The van der Waals surface area contributed by atoms with Gasteiger partial charge in [-0.05, 0) is 12.1 Å². The molecule has 0 aliphatic rings. The van der Waals surface area contributed by atoms with Crippen LogP contribution in [-0.4, -0.2) is 25.3 Å². The zero-order chi connectivity index (χ0) is 15.6. The van der Waals surface area contributed by atoms with Crippen LogP contribution in [0.1, 0.15) is 9.67 Å². The number of aromatic carboxylic acids is 1. The summed E-state index contributed by atoms with van der Waals surface area (Å²) in [5.41, 5.74) is 0. The van der Waals surface area contributed by atoms with Gasteiger partial charge >= 0.3 is 11.7 Å². The zero-order valence-corrected chi connectivity index (χ0v) is 11.8. The van der Waals surface area contributed by atoms with Crippen molar-refractivity contribution in [2.75, 3.05) is 0 Å². The van der Waals surface area contributed by atoms with Crippen molar-refractivity contribution in [3.05, 3.63) is 40.6 Å². The van der Waals surface area contributed by atoms with Gasteiger partial charge in [0, 0.05) is 11.4 Å². The highest BCUT2D eigenvalue weighted by Gasteiger charge is 2.30. The molecule has 0 saturated heterocycles. The molecular formula is C12H8F2O5S2. The van der Waals surface area contributed by atoms with Crippen molar-refractivity contribution in [1.82, 2.24) is 0 Å². The molecule has 0 spiro atoms. The van der Waals surface area contributed by atoms with Crippen molar-refractivity contribution in [3.8, 4) is 11.5 Å². The predicted molar refractivity (Wildman–Crippen MR) is 71.0 cm³/mol. The number of sulfone groups is 1. The fourth-order valence-corrected chi connectivity index (χ4v) is 2.97. The minimum Gasteiger partial charge on any atom is -0.477 e. The number of benzene rings is 1. The van der Waals surface area contributed by atoms with Crippen LogP contribution in [0.2, 0.25) is 0 Å². The van der Waals surface area contributed by atoms with Gasteiger partial charge in [0.05, 0.1) is 0 Å². The largest absolute Gasteiger partial charge is 0.477 e. The Morgan fingerprint density at radius 2 is 1.95 bits per heavy atom. The van der Waals surface area contributed by atoms with E-state index in [0.29, 0.717) is 0 Å². The molecule has 0 bridgehead atoms. The van der Waals surface area contributed by atoms with Crippen LogP contribution >= 0.6 is 11.3 Å². The molecule has 1 aromatic carbocycles. The van der Waals surface area contributed by atoms with Crippen LogP contribution < -0.4 is 4.74 Å². The van der Waals surface area contributed by atoms with Crippen molar-refractivity contribution >= 4 is 27.1 Å². The van der Waals surface area contributed by atoms with E-state index in [1.54, 1.807) is 0 Å². The highest BCUT2D eigenvalue weighted by molar-refractivity contribution is 7.91. The number of rotatable bonds is 5. The van der Waals surface area contributed by atoms with E-state index in [1.807, 2.05) is 0 Å². The topological polar surface area (TPSA) is 80.7 Å². The first-order chi connectivity index (χ1) is 9.82. The quantitative estimate of drug-likeness (QED) is 0.908. The molecule has 0 fully saturated rings. The molecule has 0 radical (unpaired) electrons. The molecule has 1 N–H and O–H groups in total. The molecule has 2 aromatic rings. The Labute approximate surface area is 122 Å². The first kappa shape index (κ1) is 15.4. The molecule has 0 aliphatic heterocycles. The van der Waals surface area contributed by atoms with Gasteiger partial charge in [-0.25, -0.2) is 13.2 Å². The summed E-state index contributed by atoms with van der Waals surface area (Å²) in [5.74, 6) is -4.95. The summed E-state index contributed by atoms with van der Waals surface area (Å²) < 4.78 is 53.5. The Balaban J connectivity index is 2.39. The van der Waals surface area contributed by atoms with Gasteiger partial charge < -0.3 is 9.84 Å². The molecule has 1 aromatic heterocycles. The van der Waals surface area contributed by atoms with E-state index < -0.39 is 26.5 Å². The number of alkyl halides is 2. The minimum atomic E-state index is -4.81. The lowest BCUT2D eigenvalue weighted by Crippen LogP contribution is -2.12. The van der Waals surface area contributed by atoms with Crippen LogP contribution in [0.3, 0.4) is 0 Å². The average Bonchev–Trinajstić information content (AvgIpc) is 2.87. The maximum Gasteiger partial charge on any atom is 0.346 e. The second-order valence-electron chi connectivity index (χ2n) is 3.81. The highest BCUT2D eigenvalue weighted by atomic mass is 32.2. The highest BCUT2D eigenvalue weighted by Crippen LogP contribution is 2.33. The molecule has 0 amide bonds. The number of halogens is 2. The molecule has 0 aliphatic carbocycles. The standard InChI is InChI=1S/C12H8F2O5S2/c13-12(14)21(17,18)10-4-2-1-3-8(10)19-7-5-9(11(15)16)20-6-7/h1-6,12H,(H,15,16). The van der Waals surface area contributed by atoms with Gasteiger partial charge in [0.25, 0.3) is 0 Å². The van der Waals surface area contributed by atoms with E-state index in [1.165, 1.54) is 29.6 Å². The molecule has 2 rings (SSSR count). The summed E-state index contributed by atoms with van der Waals surface area (Å²) in [6.45, 7) is 0. The third-order valence-corrected chi connectivity index (χ3v) is 4.72. The van der Waals surface area contributed by atoms with Crippen molar-refractivity contribution in [1.29, 1.82) is 0 Å². The lowest BCUT2D eigenvalue weighted by Gasteiger charge is -2.09. The number of para-hydroxylation sites is 1. The molecular weight excluding hydrogens is 326 g/mol. The smallest absolute Gasteiger partial charge is 0.346 e. The maximum atomic E-state index is 12.6. The Kier molecular flexibility index (Phi) is 4.24. The third kappa shape index (κ3) is 3.19. The van der Waals surface area contributed by atoms with E-state index in [9.17, 15) is 22.0 Å². The van der Waals surface area contributed by atoms with Gasteiger partial charge in [-0.1, -0.05) is 12.1 Å². The molecule has 5 nitrogen and oxygen atoms in total. The van der Waals surface area contributed by atoms with Gasteiger partial charge in [0.15, 0.2) is 0 Å². The van der Waals surface area contributed by atoms with Crippen molar-refractivity contribution < 1.29 is 31.8 Å². The van der Waals surface area contributed by atoms with E-state index in [0.717, 1.165) is 17.4 Å². The number of thiophene rings is 1. The number of ether oxygens (including phenoxy) is 1. The number of carbonyl (C=O) groups is 1. The molecule has 0 saturated carbocycles. The van der Waals surface area contributed by atoms with Crippen LogP contribution in [0.4, 0.5) is 8.78 Å². The minimum absolute atomic E-state index is 0.0146. The van der Waals surface area contributed by atoms with Gasteiger partial charge in [-0.3, -0.25) is 0 Å². The summed E-state index contributed by atoms with van der Waals surface area (Å²) in [6, 6.07) is 6.11. The van der Waals surface area contributed by atoms with E-state index in [2.05, 4.69) is 0 Å². The maximum absolute atomic E-state index is 12.6. The SMILES string of the molecule is O=C(O)c1cc(Oc2ccccc2S(=O)(=O)C(F)F)cs1. The van der Waals surface area contributed by atoms with Crippen LogP contribution in [0.15, 0.2) is 40.6 Å². The fourth-order valence-electron chi connectivity index (χ4n) is 1.48. The second-order valence-corrected chi connectivity index (χ2v) is 6.60. The average molecular weight is 334 g/mol. The molecule has 0 atom stereocenters. The summed E-state index contributed by atoms with van der Waals surface area (Å²) in [5, 5.41) is 10.1. The van der Waals surface area contributed by atoms with Crippen LogP contribution in [0.5, 0.6) is 11.5 Å². The van der Waals surface area contributed by atoms with Crippen LogP contribution in [0, 0.1) is 0 Å². The molecule has 9 heteroatoms. The van der Waals surface area contributed by atoms with E-state index >= 15 is 0 Å². The second kappa shape index (κ2) is 5.78. The number of carboxylic acid groups (broad SMARTS) is 1. The van der Waals surface area contributed by atoms with Crippen LogP contribution in [0.25, 0.3) is 0 Å². The van der Waals surface area contributed by atoms with Gasteiger partial charge in [-0.2, -0.15) is 8.78 Å². The number of carboxylic acids is 1. The van der Waals surface area contributed by atoms with Gasteiger partial charge in [0.2, 0.25) is 9.84 Å². The molecule has 0 unspecified atom stereocenters. The van der Waals surface area contributed by atoms with E-state index in [4.69, 9.17) is 9.84 Å². The van der Waals surface area contributed by atoms with Crippen molar-refractivity contribution in [2.24, 2.45) is 0 Å². The molecule has 112 valence electrons. The third-order valence-electron chi connectivity index (χ3n) is 2.40. The van der Waals surface area contributed by atoms with Crippen molar-refractivity contribution in [2.45, 2.75) is 10.7 Å². The Morgan fingerprint density at radius 1 is 1.29 bits per heavy atom. The zero-order valence-electron chi connectivity index (χ0n) is 10.2. The van der Waals surface area contributed by atoms with Crippen LogP contribution in [-0.2, 0) is 9.84 Å². The monoisotopic (exact) mass is 334 g/mol. The first-order valence-corrected chi connectivity index (χ1v) is 7.85. The summed E-state index contributed by atoms with van der Waals surface area (Å²) in [4.78, 5) is 10.1. The Morgan fingerprint density at radius 3 is 2.52 bits per heavy atom. The fraction of sp³-hybridized carbons (Fsp3) is 0.0833. The van der Waals surface area contributed by atoms with Gasteiger partial charge in [0.1, 0.15) is 21.3 Å². The lowest BCUT2D eigenvalue weighted by atomic mass is 10.3. The Bertz CT molecular complexity index is 767. The van der Waals surface area contributed by atoms with E-state index in [-0.39, 0.29) is 16.4 Å². The normalized spacial score (nSPS) is 11.6. The first-order valence-electron chi connectivity index (χ1n) is 5.43. The molecule has 21 heavy (non-hydrogen) atoms. The lowest BCUT2D eigenvalue weighted by molar-refractivity contribution is 0.0702. The number of hydrogen-bond acceptors (Lipinski definition) is 5. The number of hydrogen-bond donors (Lipinski definition) is 1.